The smallest absolute Gasteiger partial charge is 0.404 e. The minimum absolute atomic E-state index is 0.0559. The second-order valence-electron chi connectivity index (χ2n) is 3.34. The van der Waals surface area contributed by atoms with Gasteiger partial charge in [0, 0.05) is 4.47 Å². The summed E-state index contributed by atoms with van der Waals surface area (Å²) in [4.78, 5) is 0. The Kier molecular flexibility index (Phi) is 4.24. The largest absolute Gasteiger partial charge is 0.573 e. The van der Waals surface area contributed by atoms with Crippen LogP contribution in [-0.4, -0.2) is 6.36 Å². The van der Waals surface area contributed by atoms with Crippen LogP contribution >= 0.6 is 15.9 Å². The molecule has 0 aliphatic heterocycles. The van der Waals surface area contributed by atoms with Crippen molar-refractivity contribution in [2.45, 2.75) is 18.7 Å². The third kappa shape index (κ3) is 3.93. The van der Waals surface area contributed by atoms with Crippen molar-refractivity contribution in [1.82, 2.24) is 0 Å². The Labute approximate surface area is 113 Å². The van der Waals surface area contributed by atoms with Crippen molar-refractivity contribution in [2.75, 3.05) is 0 Å². The van der Waals surface area contributed by atoms with Crippen molar-refractivity contribution in [1.29, 1.82) is 0 Å². The highest BCUT2D eigenvalue weighted by Crippen LogP contribution is 2.48. The van der Waals surface area contributed by atoms with Crippen LogP contribution in [0.25, 0.3) is 0 Å². The molecule has 0 radical (unpaired) electrons. The number of alkyl halides is 9. The van der Waals surface area contributed by atoms with Crippen LogP contribution < -0.4 is 4.74 Å². The first kappa shape index (κ1) is 16.9. The Hall–Kier alpha value is -1.13. The molecule has 0 fully saturated rings. The van der Waals surface area contributed by atoms with Crippen LogP contribution in [0.15, 0.2) is 16.6 Å². The van der Waals surface area contributed by atoms with E-state index in [0.29, 0.717) is 6.07 Å². The molecule has 0 aromatic heterocycles. The highest BCUT2D eigenvalue weighted by molar-refractivity contribution is 9.10. The second-order valence-corrected chi connectivity index (χ2v) is 4.20. The zero-order valence-electron chi connectivity index (χ0n) is 8.84. The highest BCUT2D eigenvalue weighted by Gasteiger charge is 2.47. The molecule has 20 heavy (non-hydrogen) atoms. The minimum atomic E-state index is -5.71. The van der Waals surface area contributed by atoms with Crippen LogP contribution in [-0.2, 0) is 12.4 Å². The molecule has 1 nitrogen and oxygen atoms in total. The molecule has 0 aliphatic rings. The van der Waals surface area contributed by atoms with E-state index in [1.54, 1.807) is 0 Å². The molecule has 0 heterocycles. The Morgan fingerprint density at radius 3 is 1.65 bits per heavy atom. The topological polar surface area (TPSA) is 9.23 Å². The summed E-state index contributed by atoms with van der Waals surface area (Å²) in [6.45, 7) is 0. The van der Waals surface area contributed by atoms with Crippen molar-refractivity contribution in [3.05, 3.63) is 27.7 Å². The SMILES string of the molecule is FC(F)(F)Oc1c(C(F)(F)F)ccc(Br)c1C(F)(F)F. The van der Waals surface area contributed by atoms with Crippen molar-refractivity contribution in [3.8, 4) is 5.75 Å². The van der Waals surface area contributed by atoms with Gasteiger partial charge in [-0.3, -0.25) is 0 Å². The molecule has 0 amide bonds. The molecule has 0 aliphatic carbocycles. The number of benzene rings is 1. The molecule has 0 atom stereocenters. The molecule has 1 aromatic rings. The lowest BCUT2D eigenvalue weighted by atomic mass is 10.1. The number of hydrogen-bond donors (Lipinski definition) is 0. The van der Waals surface area contributed by atoms with Crippen molar-refractivity contribution in [3.63, 3.8) is 0 Å². The fourth-order valence-corrected chi connectivity index (χ4v) is 1.80. The standard InChI is InChI=1S/C9H2BrF9O/c10-4-2-1-3(7(11,12)13)6(20-9(17,18)19)5(4)8(14,15)16/h1-2H. The fraction of sp³-hybridized carbons (Fsp3) is 0.333. The average Bonchev–Trinajstić information content (AvgIpc) is 2.09. The van der Waals surface area contributed by atoms with E-state index in [1.807, 2.05) is 0 Å². The average molecular weight is 377 g/mol. The monoisotopic (exact) mass is 376 g/mol. The van der Waals surface area contributed by atoms with Gasteiger partial charge in [-0.15, -0.1) is 13.2 Å². The summed E-state index contributed by atoms with van der Waals surface area (Å²) in [5, 5.41) is 0. The summed E-state index contributed by atoms with van der Waals surface area (Å²) < 4.78 is 113. The van der Waals surface area contributed by atoms with Crippen LogP contribution in [0.4, 0.5) is 39.5 Å². The van der Waals surface area contributed by atoms with E-state index in [0.717, 1.165) is 0 Å². The Morgan fingerprint density at radius 2 is 1.30 bits per heavy atom. The molecule has 11 heteroatoms. The summed E-state index contributed by atoms with van der Waals surface area (Å²) >= 11 is 2.26. The summed E-state index contributed by atoms with van der Waals surface area (Å²) in [6, 6.07) is 0.398. The third-order valence-corrected chi connectivity index (χ3v) is 2.57. The molecule has 0 saturated heterocycles. The van der Waals surface area contributed by atoms with Gasteiger partial charge in [0.15, 0.2) is 5.75 Å². The van der Waals surface area contributed by atoms with Crippen molar-refractivity contribution in [2.24, 2.45) is 0 Å². The van der Waals surface area contributed by atoms with Crippen LogP contribution in [0.3, 0.4) is 0 Å². The first-order valence-electron chi connectivity index (χ1n) is 4.46. The lowest BCUT2D eigenvalue weighted by Crippen LogP contribution is -2.23. The van der Waals surface area contributed by atoms with Gasteiger partial charge in [0.1, 0.15) is 5.56 Å². The third-order valence-electron chi connectivity index (χ3n) is 1.91. The molecule has 0 N–H and O–H groups in total. The van der Waals surface area contributed by atoms with Gasteiger partial charge in [0.25, 0.3) is 0 Å². The Morgan fingerprint density at radius 1 is 0.800 bits per heavy atom. The van der Waals surface area contributed by atoms with Gasteiger partial charge in [-0.25, -0.2) is 0 Å². The number of halogens is 10. The Bertz CT molecular complexity index is 500. The van der Waals surface area contributed by atoms with Crippen molar-refractivity contribution >= 4 is 15.9 Å². The fourth-order valence-electron chi connectivity index (χ4n) is 1.27. The van der Waals surface area contributed by atoms with E-state index in [-0.39, 0.29) is 6.07 Å². The van der Waals surface area contributed by atoms with E-state index in [2.05, 4.69) is 20.7 Å². The van der Waals surface area contributed by atoms with Crippen LogP contribution in [0.2, 0.25) is 0 Å². The molecule has 1 aromatic carbocycles. The maximum Gasteiger partial charge on any atom is 0.573 e. The van der Waals surface area contributed by atoms with Crippen LogP contribution in [0.5, 0.6) is 5.75 Å². The molecule has 0 unspecified atom stereocenters. The predicted molar refractivity (Wildman–Crippen MR) is 50.8 cm³/mol. The molecular weight excluding hydrogens is 375 g/mol. The molecule has 0 spiro atoms. The zero-order valence-corrected chi connectivity index (χ0v) is 10.4. The quantitative estimate of drug-likeness (QED) is 0.597. The molecule has 1 rings (SSSR count). The second kappa shape index (κ2) is 5.01. The first-order valence-corrected chi connectivity index (χ1v) is 5.25. The number of ether oxygens (including phenoxy) is 1. The van der Waals surface area contributed by atoms with Crippen molar-refractivity contribution < 1.29 is 44.3 Å². The van der Waals surface area contributed by atoms with Gasteiger partial charge in [-0.05, 0) is 12.1 Å². The molecule has 0 saturated carbocycles. The van der Waals surface area contributed by atoms with E-state index in [9.17, 15) is 39.5 Å². The lowest BCUT2D eigenvalue weighted by Gasteiger charge is -2.20. The number of hydrogen-bond acceptors (Lipinski definition) is 1. The van der Waals surface area contributed by atoms with Crippen LogP contribution in [0.1, 0.15) is 11.1 Å². The normalized spacial score (nSPS) is 13.5. The minimum Gasteiger partial charge on any atom is -0.404 e. The van der Waals surface area contributed by atoms with Gasteiger partial charge in [0.05, 0.1) is 5.56 Å². The van der Waals surface area contributed by atoms with E-state index < -0.39 is 40.1 Å². The molecule has 0 bridgehead atoms. The first-order chi connectivity index (χ1) is 8.73. The van der Waals surface area contributed by atoms with E-state index in [4.69, 9.17) is 0 Å². The lowest BCUT2D eigenvalue weighted by molar-refractivity contribution is -0.278. The van der Waals surface area contributed by atoms with Gasteiger partial charge in [-0.1, -0.05) is 15.9 Å². The van der Waals surface area contributed by atoms with Gasteiger partial charge >= 0.3 is 18.7 Å². The summed E-state index contributed by atoms with van der Waals surface area (Å²) in [7, 11) is 0. The van der Waals surface area contributed by atoms with Gasteiger partial charge in [0.2, 0.25) is 0 Å². The molecule has 114 valence electrons. The Balaban J connectivity index is 3.65. The van der Waals surface area contributed by atoms with Gasteiger partial charge in [-0.2, -0.15) is 26.3 Å². The maximum absolute atomic E-state index is 12.6. The van der Waals surface area contributed by atoms with Gasteiger partial charge < -0.3 is 4.74 Å². The zero-order chi connectivity index (χ0) is 15.9. The highest BCUT2D eigenvalue weighted by atomic mass is 79.9. The summed E-state index contributed by atoms with van der Waals surface area (Å²) in [5.74, 6) is -2.34. The predicted octanol–water partition coefficient (Wildman–Crippen LogP) is 5.39. The van der Waals surface area contributed by atoms with E-state index >= 15 is 0 Å². The van der Waals surface area contributed by atoms with Crippen LogP contribution in [0, 0.1) is 0 Å². The molecular formula is C9H2BrF9O. The summed E-state index contributed by atoms with van der Waals surface area (Å²) in [6.07, 6.45) is -16.6. The summed E-state index contributed by atoms with van der Waals surface area (Å²) in [5.41, 5.74) is -4.37. The van der Waals surface area contributed by atoms with E-state index in [1.165, 1.54) is 0 Å². The number of rotatable bonds is 1. The maximum atomic E-state index is 12.6.